The summed E-state index contributed by atoms with van der Waals surface area (Å²) in [4.78, 5) is 35.8. The molecule has 3 aromatic rings. The van der Waals surface area contributed by atoms with Crippen LogP contribution in [0.2, 0.25) is 0 Å². The first-order valence-electron chi connectivity index (χ1n) is 7.64. The number of hydrogen-bond acceptors (Lipinski definition) is 6. The molecule has 3 rings (SSSR count). The normalized spacial score (nSPS) is 10.3. The molecule has 0 N–H and O–H groups in total. The number of nitrogens with zero attached hydrogens (tertiary/aromatic N) is 1. The molecule has 0 unspecified atom stereocenters. The van der Waals surface area contributed by atoms with Crippen LogP contribution in [0.3, 0.4) is 0 Å². The lowest BCUT2D eigenvalue weighted by Crippen LogP contribution is -2.12. The van der Waals surface area contributed by atoms with Gasteiger partial charge >= 0.3 is 5.97 Å². The maximum atomic E-state index is 12.6. The monoisotopic (exact) mass is 367 g/mol. The van der Waals surface area contributed by atoms with Crippen molar-refractivity contribution in [2.75, 3.05) is 0 Å². The summed E-state index contributed by atoms with van der Waals surface area (Å²) in [7, 11) is 0. The third-order valence-electron chi connectivity index (χ3n) is 3.63. The van der Waals surface area contributed by atoms with Gasteiger partial charge in [-0.25, -0.2) is 4.79 Å². The van der Waals surface area contributed by atoms with Crippen LogP contribution >= 0.6 is 11.3 Å². The molecule has 0 saturated carbocycles. The second-order valence-corrected chi connectivity index (χ2v) is 6.30. The molecule has 0 fully saturated rings. The van der Waals surface area contributed by atoms with Crippen molar-refractivity contribution in [2.24, 2.45) is 0 Å². The predicted octanol–water partition coefficient (Wildman–Crippen LogP) is 4.24. The third-order valence-corrected chi connectivity index (χ3v) is 4.50. The molecule has 0 aliphatic rings. The van der Waals surface area contributed by atoms with Crippen LogP contribution in [0.25, 0.3) is 0 Å². The molecule has 26 heavy (non-hydrogen) atoms. The highest BCUT2D eigenvalue weighted by atomic mass is 32.1. The lowest BCUT2D eigenvalue weighted by molar-refractivity contribution is -0.384. The largest absolute Gasteiger partial charge is 0.457 e. The number of non-ortho nitro benzene ring substituents is 1. The Balaban J connectivity index is 1.78. The van der Waals surface area contributed by atoms with Gasteiger partial charge in [0.15, 0.2) is 0 Å². The molecule has 7 heteroatoms. The van der Waals surface area contributed by atoms with E-state index in [-0.39, 0.29) is 29.2 Å². The highest BCUT2D eigenvalue weighted by molar-refractivity contribution is 7.12. The molecule has 2 aromatic carbocycles. The molecule has 0 aliphatic heterocycles. The van der Waals surface area contributed by atoms with E-state index >= 15 is 0 Å². The fraction of sp³-hybridized carbons (Fsp3) is 0.0526. The average Bonchev–Trinajstić information content (AvgIpc) is 3.20. The second kappa shape index (κ2) is 7.71. The van der Waals surface area contributed by atoms with Crippen molar-refractivity contribution >= 4 is 28.8 Å². The van der Waals surface area contributed by atoms with Gasteiger partial charge in [-0.1, -0.05) is 36.4 Å². The van der Waals surface area contributed by atoms with Crippen LogP contribution < -0.4 is 0 Å². The molecule has 0 radical (unpaired) electrons. The minimum Gasteiger partial charge on any atom is -0.457 e. The molecule has 0 spiro atoms. The third kappa shape index (κ3) is 3.84. The molecule has 0 bridgehead atoms. The van der Waals surface area contributed by atoms with Gasteiger partial charge in [0.05, 0.1) is 15.4 Å². The number of esters is 1. The van der Waals surface area contributed by atoms with E-state index in [2.05, 4.69) is 0 Å². The van der Waals surface area contributed by atoms with Crippen LogP contribution in [-0.2, 0) is 11.3 Å². The van der Waals surface area contributed by atoms with E-state index in [0.29, 0.717) is 10.4 Å². The van der Waals surface area contributed by atoms with Crippen LogP contribution in [0.15, 0.2) is 66.0 Å². The maximum absolute atomic E-state index is 12.6. The molecule has 0 saturated heterocycles. The van der Waals surface area contributed by atoms with Crippen LogP contribution in [0.1, 0.15) is 31.2 Å². The first kappa shape index (κ1) is 17.5. The number of ether oxygens (including phenoxy) is 1. The molecule has 6 nitrogen and oxygen atoms in total. The highest BCUT2D eigenvalue weighted by Gasteiger charge is 2.20. The van der Waals surface area contributed by atoms with E-state index in [1.807, 2.05) is 0 Å². The number of hydrogen-bond donors (Lipinski definition) is 0. The molecule has 1 heterocycles. The summed E-state index contributed by atoms with van der Waals surface area (Å²) >= 11 is 1.30. The average molecular weight is 367 g/mol. The fourth-order valence-electron chi connectivity index (χ4n) is 2.39. The lowest BCUT2D eigenvalue weighted by atomic mass is 10.0. The van der Waals surface area contributed by atoms with Crippen molar-refractivity contribution in [3.63, 3.8) is 0 Å². The van der Waals surface area contributed by atoms with Gasteiger partial charge in [-0.2, -0.15) is 0 Å². The minimum absolute atomic E-state index is 0.0770. The van der Waals surface area contributed by atoms with Gasteiger partial charge in [-0.05, 0) is 23.1 Å². The van der Waals surface area contributed by atoms with Gasteiger partial charge in [0.25, 0.3) is 5.69 Å². The smallest absolute Gasteiger partial charge is 0.339 e. The summed E-state index contributed by atoms with van der Waals surface area (Å²) in [6.45, 7) is -0.123. The van der Waals surface area contributed by atoms with Crippen LogP contribution in [0, 0.1) is 10.1 Å². The number of carbonyl (C=O) groups is 2. The Kier molecular flexibility index (Phi) is 5.19. The number of benzene rings is 2. The standard InChI is InChI=1S/C19H13NO5S/c21-18(17-9-4-10-26-17)15-7-1-2-8-16(15)19(22)25-12-13-5-3-6-14(11-13)20(23)24/h1-11H,12H2. The van der Waals surface area contributed by atoms with Crippen molar-refractivity contribution in [1.29, 1.82) is 0 Å². The summed E-state index contributed by atoms with van der Waals surface area (Å²) < 4.78 is 5.25. The van der Waals surface area contributed by atoms with Crippen molar-refractivity contribution in [2.45, 2.75) is 6.61 Å². The number of rotatable bonds is 6. The van der Waals surface area contributed by atoms with Gasteiger partial charge in [-0.15, -0.1) is 11.3 Å². The van der Waals surface area contributed by atoms with E-state index in [4.69, 9.17) is 4.74 Å². The maximum Gasteiger partial charge on any atom is 0.339 e. The van der Waals surface area contributed by atoms with E-state index in [0.717, 1.165) is 0 Å². The molecular formula is C19H13NO5S. The van der Waals surface area contributed by atoms with Crippen LogP contribution in [-0.4, -0.2) is 16.7 Å². The topological polar surface area (TPSA) is 86.5 Å². The van der Waals surface area contributed by atoms with Crippen molar-refractivity contribution in [1.82, 2.24) is 0 Å². The Morgan fingerprint density at radius 3 is 2.46 bits per heavy atom. The van der Waals surface area contributed by atoms with Crippen molar-refractivity contribution < 1.29 is 19.2 Å². The van der Waals surface area contributed by atoms with Crippen molar-refractivity contribution in [3.05, 3.63) is 97.7 Å². The predicted molar refractivity (Wildman–Crippen MR) is 96.4 cm³/mol. The zero-order valence-electron chi connectivity index (χ0n) is 13.5. The summed E-state index contributed by atoms with van der Waals surface area (Å²) in [5, 5.41) is 12.6. The van der Waals surface area contributed by atoms with E-state index in [1.165, 1.54) is 35.6 Å². The number of ketones is 1. The van der Waals surface area contributed by atoms with Gasteiger partial charge in [-0.3, -0.25) is 14.9 Å². The van der Waals surface area contributed by atoms with E-state index < -0.39 is 10.9 Å². The van der Waals surface area contributed by atoms with E-state index in [9.17, 15) is 19.7 Å². The van der Waals surface area contributed by atoms with Gasteiger partial charge in [0.2, 0.25) is 5.78 Å². The zero-order valence-corrected chi connectivity index (χ0v) is 14.3. The number of carbonyl (C=O) groups excluding carboxylic acids is 2. The molecular weight excluding hydrogens is 354 g/mol. The first-order valence-corrected chi connectivity index (χ1v) is 8.52. The Labute approximate surface area is 152 Å². The Morgan fingerprint density at radius 2 is 1.77 bits per heavy atom. The Bertz CT molecular complexity index is 966. The zero-order chi connectivity index (χ0) is 18.5. The number of nitro benzene ring substituents is 1. The molecule has 0 aliphatic carbocycles. The van der Waals surface area contributed by atoms with Gasteiger partial charge < -0.3 is 4.74 Å². The quantitative estimate of drug-likeness (QED) is 0.281. The lowest BCUT2D eigenvalue weighted by Gasteiger charge is -2.08. The molecule has 1 aromatic heterocycles. The SMILES string of the molecule is O=C(OCc1cccc([N+](=O)[O-])c1)c1ccccc1C(=O)c1cccs1. The first-order chi connectivity index (χ1) is 12.6. The summed E-state index contributed by atoms with van der Waals surface area (Å²) in [5.41, 5.74) is 0.844. The molecule has 0 atom stereocenters. The minimum atomic E-state index is -0.656. The molecule has 130 valence electrons. The highest BCUT2D eigenvalue weighted by Crippen LogP contribution is 2.20. The summed E-state index contributed by atoms with van der Waals surface area (Å²) in [6, 6.07) is 15.7. The molecule has 0 amide bonds. The number of thiophene rings is 1. The summed E-state index contributed by atoms with van der Waals surface area (Å²) in [6.07, 6.45) is 0. The van der Waals surface area contributed by atoms with Gasteiger partial charge in [0.1, 0.15) is 6.61 Å². The Hall–Kier alpha value is -3.32. The van der Waals surface area contributed by atoms with Gasteiger partial charge in [0, 0.05) is 17.7 Å². The number of nitro groups is 1. The van der Waals surface area contributed by atoms with Crippen LogP contribution in [0.5, 0.6) is 0 Å². The van der Waals surface area contributed by atoms with Crippen LogP contribution in [0.4, 0.5) is 5.69 Å². The fourth-order valence-corrected chi connectivity index (χ4v) is 3.06. The second-order valence-electron chi connectivity index (χ2n) is 5.36. The Morgan fingerprint density at radius 1 is 1.00 bits per heavy atom. The summed E-state index contributed by atoms with van der Waals surface area (Å²) in [5.74, 6) is -0.903. The van der Waals surface area contributed by atoms with E-state index in [1.54, 1.807) is 41.8 Å². The van der Waals surface area contributed by atoms with Crippen molar-refractivity contribution in [3.8, 4) is 0 Å².